The zero-order valence-electron chi connectivity index (χ0n) is 11.0. The molecule has 4 heteroatoms. The second kappa shape index (κ2) is 4.72. The van der Waals surface area contributed by atoms with E-state index >= 15 is 0 Å². The summed E-state index contributed by atoms with van der Waals surface area (Å²) in [5.74, 6) is 0.0475. The molecule has 0 aliphatic carbocycles. The topological polar surface area (TPSA) is 38.8 Å². The van der Waals surface area contributed by atoms with E-state index in [-0.39, 0.29) is 23.7 Å². The van der Waals surface area contributed by atoms with Crippen LogP contribution in [-0.4, -0.2) is 48.3 Å². The largest absolute Gasteiger partial charge is 0.372 e. The first-order chi connectivity index (χ1) is 7.20. The van der Waals surface area contributed by atoms with Gasteiger partial charge in [-0.1, -0.05) is 0 Å². The zero-order valence-corrected chi connectivity index (χ0v) is 11.0. The summed E-state index contributed by atoms with van der Waals surface area (Å²) >= 11 is 0. The van der Waals surface area contributed by atoms with Crippen LogP contribution in [0.1, 0.15) is 34.6 Å². The molecule has 1 heterocycles. The lowest BCUT2D eigenvalue weighted by Crippen LogP contribution is -2.51. The fraction of sp³-hybridized carbons (Fsp3) is 0.917. The molecule has 4 nitrogen and oxygen atoms in total. The molecule has 1 aliphatic rings. The molecular formula is C12H23NO3. The number of amides is 1. The molecule has 1 rings (SSSR count). The van der Waals surface area contributed by atoms with Crippen LogP contribution in [-0.2, 0) is 14.3 Å². The molecule has 0 aromatic carbocycles. The third-order valence-electron chi connectivity index (χ3n) is 2.41. The predicted molar refractivity (Wildman–Crippen MR) is 62.3 cm³/mol. The highest BCUT2D eigenvalue weighted by atomic mass is 16.5. The van der Waals surface area contributed by atoms with E-state index in [0.717, 1.165) is 0 Å². The van der Waals surface area contributed by atoms with Gasteiger partial charge in [-0.15, -0.1) is 0 Å². The Morgan fingerprint density at radius 1 is 1.44 bits per heavy atom. The Bertz CT molecular complexity index is 255. The number of ether oxygens (including phenoxy) is 2. The standard InChI is InChI=1S/C12H23NO3/c1-11(2,3)16-8-10(14)13-6-7-15-12(4,5)9-13/h6-9H2,1-5H3. The van der Waals surface area contributed by atoms with Crippen molar-refractivity contribution in [3.8, 4) is 0 Å². The normalized spacial score (nSPS) is 20.9. The van der Waals surface area contributed by atoms with Crippen molar-refractivity contribution in [2.45, 2.75) is 45.8 Å². The van der Waals surface area contributed by atoms with Gasteiger partial charge < -0.3 is 14.4 Å². The van der Waals surface area contributed by atoms with Crippen LogP contribution >= 0.6 is 0 Å². The number of carbonyl (C=O) groups is 1. The highest BCUT2D eigenvalue weighted by molar-refractivity contribution is 5.77. The lowest BCUT2D eigenvalue weighted by molar-refractivity contribution is -0.154. The number of rotatable bonds is 2. The lowest BCUT2D eigenvalue weighted by atomic mass is 10.1. The Balaban J connectivity index is 2.42. The van der Waals surface area contributed by atoms with E-state index in [1.54, 1.807) is 0 Å². The van der Waals surface area contributed by atoms with Crippen LogP contribution in [0.4, 0.5) is 0 Å². The maximum atomic E-state index is 11.9. The van der Waals surface area contributed by atoms with Gasteiger partial charge in [0.05, 0.1) is 17.8 Å². The van der Waals surface area contributed by atoms with Gasteiger partial charge in [0, 0.05) is 13.1 Å². The Morgan fingerprint density at radius 2 is 2.06 bits per heavy atom. The van der Waals surface area contributed by atoms with E-state index in [1.165, 1.54) is 0 Å². The molecular weight excluding hydrogens is 206 g/mol. The van der Waals surface area contributed by atoms with Crippen molar-refractivity contribution in [3.63, 3.8) is 0 Å². The number of hydrogen-bond donors (Lipinski definition) is 0. The molecule has 94 valence electrons. The highest BCUT2D eigenvalue weighted by Crippen LogP contribution is 2.17. The summed E-state index contributed by atoms with van der Waals surface area (Å²) in [5.41, 5.74) is -0.507. The third kappa shape index (κ3) is 4.49. The summed E-state index contributed by atoms with van der Waals surface area (Å²) in [4.78, 5) is 13.7. The molecule has 0 N–H and O–H groups in total. The van der Waals surface area contributed by atoms with Crippen LogP contribution in [0.2, 0.25) is 0 Å². The Morgan fingerprint density at radius 3 is 2.56 bits per heavy atom. The molecule has 1 aliphatic heterocycles. The summed E-state index contributed by atoms with van der Waals surface area (Å²) in [7, 11) is 0. The van der Waals surface area contributed by atoms with Crippen molar-refractivity contribution in [1.29, 1.82) is 0 Å². The lowest BCUT2D eigenvalue weighted by Gasteiger charge is -2.38. The first-order valence-electron chi connectivity index (χ1n) is 5.75. The van der Waals surface area contributed by atoms with Crippen LogP contribution in [0.5, 0.6) is 0 Å². The molecule has 1 fully saturated rings. The van der Waals surface area contributed by atoms with Gasteiger partial charge in [-0.05, 0) is 34.6 Å². The molecule has 16 heavy (non-hydrogen) atoms. The molecule has 0 aromatic heterocycles. The molecule has 0 saturated carbocycles. The minimum Gasteiger partial charge on any atom is -0.372 e. The Kier molecular flexibility index (Phi) is 3.97. The van der Waals surface area contributed by atoms with E-state index in [1.807, 2.05) is 39.5 Å². The average Bonchev–Trinajstić information content (AvgIpc) is 2.11. The highest BCUT2D eigenvalue weighted by Gasteiger charge is 2.30. The average molecular weight is 229 g/mol. The molecule has 0 bridgehead atoms. The van der Waals surface area contributed by atoms with Crippen molar-refractivity contribution in [2.24, 2.45) is 0 Å². The van der Waals surface area contributed by atoms with E-state index < -0.39 is 0 Å². The monoisotopic (exact) mass is 229 g/mol. The van der Waals surface area contributed by atoms with Gasteiger partial charge in [0.15, 0.2) is 0 Å². The maximum absolute atomic E-state index is 11.9. The summed E-state index contributed by atoms with van der Waals surface area (Å²) in [6, 6.07) is 0. The van der Waals surface area contributed by atoms with E-state index in [2.05, 4.69) is 0 Å². The second-order valence-corrected chi connectivity index (χ2v) is 5.82. The fourth-order valence-corrected chi connectivity index (χ4v) is 1.60. The first-order valence-corrected chi connectivity index (χ1v) is 5.75. The summed E-state index contributed by atoms with van der Waals surface area (Å²) < 4.78 is 11.0. The maximum Gasteiger partial charge on any atom is 0.248 e. The summed E-state index contributed by atoms with van der Waals surface area (Å²) in [6.45, 7) is 11.9. The molecule has 0 atom stereocenters. The van der Waals surface area contributed by atoms with Gasteiger partial charge in [0.1, 0.15) is 6.61 Å². The minimum absolute atomic E-state index is 0.0475. The SMILES string of the molecule is CC(C)(C)OCC(=O)N1CCOC(C)(C)C1. The number of nitrogens with zero attached hydrogens (tertiary/aromatic N) is 1. The third-order valence-corrected chi connectivity index (χ3v) is 2.41. The predicted octanol–water partition coefficient (Wildman–Crippen LogP) is 1.44. The quantitative estimate of drug-likeness (QED) is 0.719. The van der Waals surface area contributed by atoms with Gasteiger partial charge >= 0.3 is 0 Å². The number of hydrogen-bond acceptors (Lipinski definition) is 3. The van der Waals surface area contributed by atoms with Gasteiger partial charge in [-0.3, -0.25) is 4.79 Å². The summed E-state index contributed by atoms with van der Waals surface area (Å²) in [5, 5.41) is 0. The van der Waals surface area contributed by atoms with Crippen molar-refractivity contribution in [3.05, 3.63) is 0 Å². The zero-order chi connectivity index (χ0) is 12.4. The Labute approximate surface area is 97.9 Å². The number of carbonyl (C=O) groups excluding carboxylic acids is 1. The van der Waals surface area contributed by atoms with Crippen LogP contribution in [0, 0.1) is 0 Å². The van der Waals surface area contributed by atoms with Gasteiger partial charge in [0.2, 0.25) is 5.91 Å². The molecule has 0 spiro atoms. The van der Waals surface area contributed by atoms with E-state index in [4.69, 9.17) is 9.47 Å². The van der Waals surface area contributed by atoms with Crippen molar-refractivity contribution in [1.82, 2.24) is 4.90 Å². The Hall–Kier alpha value is -0.610. The van der Waals surface area contributed by atoms with E-state index in [9.17, 15) is 4.79 Å². The molecule has 1 amide bonds. The molecule has 0 aromatic rings. The van der Waals surface area contributed by atoms with Crippen LogP contribution < -0.4 is 0 Å². The smallest absolute Gasteiger partial charge is 0.248 e. The molecule has 0 unspecified atom stereocenters. The van der Waals surface area contributed by atoms with Crippen LogP contribution in [0.15, 0.2) is 0 Å². The van der Waals surface area contributed by atoms with Crippen molar-refractivity contribution >= 4 is 5.91 Å². The first kappa shape index (κ1) is 13.5. The van der Waals surface area contributed by atoms with Crippen molar-refractivity contribution < 1.29 is 14.3 Å². The van der Waals surface area contributed by atoms with E-state index in [0.29, 0.717) is 19.7 Å². The van der Waals surface area contributed by atoms with Crippen molar-refractivity contribution in [2.75, 3.05) is 26.3 Å². The fourth-order valence-electron chi connectivity index (χ4n) is 1.60. The summed E-state index contributed by atoms with van der Waals surface area (Å²) in [6.07, 6.45) is 0. The van der Waals surface area contributed by atoms with Gasteiger partial charge in [-0.2, -0.15) is 0 Å². The second-order valence-electron chi connectivity index (χ2n) is 5.82. The molecule has 1 saturated heterocycles. The minimum atomic E-state index is -0.266. The van der Waals surface area contributed by atoms with Gasteiger partial charge in [0.25, 0.3) is 0 Å². The van der Waals surface area contributed by atoms with Crippen LogP contribution in [0.25, 0.3) is 0 Å². The molecule has 0 radical (unpaired) electrons. The van der Waals surface area contributed by atoms with Gasteiger partial charge in [-0.25, -0.2) is 0 Å². The number of morpholine rings is 1. The van der Waals surface area contributed by atoms with Crippen LogP contribution in [0.3, 0.4) is 0 Å².